The minimum Gasteiger partial charge on any atom is -0.389 e. The van der Waals surface area contributed by atoms with Crippen LogP contribution in [-0.4, -0.2) is 63.4 Å². The van der Waals surface area contributed by atoms with Crippen LogP contribution in [0.4, 0.5) is 35.1 Å². The van der Waals surface area contributed by atoms with E-state index in [0.717, 1.165) is 0 Å². The number of hydrogen-bond acceptors (Lipinski definition) is 5. The molecule has 0 aliphatic carbocycles. The number of thiazole rings is 1. The summed E-state index contributed by atoms with van der Waals surface area (Å²) in [5.41, 5.74) is -9.31. The van der Waals surface area contributed by atoms with Crippen molar-refractivity contribution in [3.8, 4) is 10.4 Å². The number of rotatable bonds is 7. The van der Waals surface area contributed by atoms with E-state index in [4.69, 9.17) is 0 Å². The summed E-state index contributed by atoms with van der Waals surface area (Å²) in [6.07, 6.45) is -12.4. The van der Waals surface area contributed by atoms with Crippen LogP contribution in [0.1, 0.15) is 84.3 Å². The second-order valence-electron chi connectivity index (χ2n) is 11.1. The molecule has 2 fully saturated rings. The molecule has 6 nitrogen and oxygen atoms in total. The summed E-state index contributed by atoms with van der Waals surface area (Å²) in [5, 5.41) is 12.0. The lowest BCUT2D eigenvalue weighted by atomic mass is 9.79. The fourth-order valence-electron chi connectivity index (χ4n) is 5.23. The third kappa shape index (κ3) is 5.66. The van der Waals surface area contributed by atoms with Gasteiger partial charge < -0.3 is 15.3 Å². The molecule has 226 valence electrons. The van der Waals surface area contributed by atoms with Crippen molar-refractivity contribution in [3.63, 3.8) is 0 Å². The molecule has 2 N–H and O–H groups in total. The van der Waals surface area contributed by atoms with Crippen LogP contribution in [0, 0.1) is 0 Å². The van der Waals surface area contributed by atoms with E-state index in [-0.39, 0.29) is 41.5 Å². The summed E-state index contributed by atoms with van der Waals surface area (Å²) in [7, 11) is 0. The molecule has 2 aromatic rings. The number of nitrogens with zero attached hydrogens (tertiary/aromatic N) is 2. The molecule has 2 bridgehead atoms. The Labute approximate surface area is 233 Å². The Morgan fingerprint density at radius 2 is 1.56 bits per heavy atom. The topological polar surface area (TPSA) is 82.5 Å². The predicted octanol–water partition coefficient (Wildman–Crippen LogP) is 6.40. The van der Waals surface area contributed by atoms with Crippen LogP contribution in [0.3, 0.4) is 0 Å². The molecule has 0 atom stereocenters. The molecule has 0 radical (unpaired) electrons. The maximum absolute atomic E-state index is 14.3. The van der Waals surface area contributed by atoms with Gasteiger partial charge in [0.1, 0.15) is 5.69 Å². The first-order valence-corrected chi connectivity index (χ1v) is 13.5. The average Bonchev–Trinajstić information content (AvgIpc) is 3.58. The van der Waals surface area contributed by atoms with Gasteiger partial charge >= 0.3 is 12.4 Å². The molecule has 41 heavy (non-hydrogen) atoms. The second kappa shape index (κ2) is 10.5. The highest BCUT2D eigenvalue weighted by Crippen LogP contribution is 2.53. The molecule has 2 saturated heterocycles. The number of halogens is 8. The van der Waals surface area contributed by atoms with Gasteiger partial charge in [0.25, 0.3) is 18.2 Å². The highest BCUT2D eigenvalue weighted by Gasteiger charge is 2.68. The number of amides is 2. The smallest absolute Gasteiger partial charge is 0.389 e. The highest BCUT2D eigenvalue weighted by atomic mass is 32.1. The number of aliphatic hydroxyl groups is 1. The number of carbonyl (C=O) groups excluding carboxylic acids is 2. The Bertz CT molecular complexity index is 1300. The Morgan fingerprint density at radius 1 is 1.02 bits per heavy atom. The van der Waals surface area contributed by atoms with Crippen molar-refractivity contribution >= 4 is 23.2 Å². The molecule has 2 aliphatic rings. The fourth-order valence-corrected chi connectivity index (χ4v) is 6.25. The largest absolute Gasteiger partial charge is 0.406 e. The first-order valence-electron chi connectivity index (χ1n) is 12.7. The molecular weight excluding hydrogens is 586 g/mol. The fraction of sp³-hybridized carbons (Fsp3) is 0.577. The number of carbonyl (C=O) groups is 2. The first-order chi connectivity index (χ1) is 18.8. The maximum atomic E-state index is 14.3. The quantitative estimate of drug-likeness (QED) is 0.355. The van der Waals surface area contributed by atoms with E-state index in [9.17, 15) is 49.8 Å². The van der Waals surface area contributed by atoms with Crippen LogP contribution in [-0.2, 0) is 5.41 Å². The zero-order chi connectivity index (χ0) is 30.7. The third-order valence-corrected chi connectivity index (χ3v) is 8.72. The van der Waals surface area contributed by atoms with E-state index in [1.165, 1.54) is 13.8 Å². The molecule has 0 spiro atoms. The van der Waals surface area contributed by atoms with Crippen LogP contribution in [0.5, 0.6) is 0 Å². The van der Waals surface area contributed by atoms with E-state index in [1.54, 1.807) is 4.90 Å². The lowest BCUT2D eigenvalue weighted by Crippen LogP contribution is -2.51. The first kappa shape index (κ1) is 31.1. The molecule has 3 heterocycles. The predicted molar refractivity (Wildman–Crippen MR) is 133 cm³/mol. The van der Waals surface area contributed by atoms with E-state index in [0.29, 0.717) is 49.2 Å². The molecule has 4 rings (SSSR count). The summed E-state index contributed by atoms with van der Waals surface area (Å²) in [4.78, 5) is 31.8. The van der Waals surface area contributed by atoms with E-state index in [1.807, 2.05) is 0 Å². The van der Waals surface area contributed by atoms with Crippen molar-refractivity contribution in [1.82, 2.24) is 15.2 Å². The highest BCUT2D eigenvalue weighted by molar-refractivity contribution is 7.17. The van der Waals surface area contributed by atoms with Gasteiger partial charge in [0.15, 0.2) is 10.4 Å². The summed E-state index contributed by atoms with van der Waals surface area (Å²) in [6.45, 7) is 2.45. The van der Waals surface area contributed by atoms with Crippen LogP contribution in [0.25, 0.3) is 10.4 Å². The number of aromatic nitrogens is 1. The Kier molecular flexibility index (Phi) is 7.95. The van der Waals surface area contributed by atoms with Crippen molar-refractivity contribution < 1.29 is 49.8 Å². The maximum Gasteiger partial charge on any atom is 0.406 e. The van der Waals surface area contributed by atoms with Crippen LogP contribution >= 0.6 is 11.3 Å². The van der Waals surface area contributed by atoms with Gasteiger partial charge in [-0.05, 0) is 58.1 Å². The molecular formula is C26H27F8N3O3S. The van der Waals surface area contributed by atoms with Gasteiger partial charge in [0.2, 0.25) is 0 Å². The monoisotopic (exact) mass is 613 g/mol. The standard InChI is InChI=1S/C26H27F8N3O3S/c1-23(2,40)11-35-20(38)21-36-17(22(39)37-13-5-6-14(37)8-7-13)18(41-21)15-9-4-12(10-16(15)19(27)28)24(3,25(29,30)31)26(32,33)34/h4,9-10,13-14,19,40H,5-8,11H2,1-3H3,(H,35,38). The summed E-state index contributed by atoms with van der Waals surface area (Å²) >= 11 is 0.507. The van der Waals surface area contributed by atoms with Gasteiger partial charge in [-0.3, -0.25) is 9.59 Å². The van der Waals surface area contributed by atoms with E-state index in [2.05, 4.69) is 10.3 Å². The van der Waals surface area contributed by atoms with Gasteiger partial charge in [-0.2, -0.15) is 26.3 Å². The minimum atomic E-state index is -5.86. The molecule has 15 heteroatoms. The minimum absolute atomic E-state index is 0.132. The number of fused-ring (bicyclic) bond motifs is 2. The Hall–Kier alpha value is -2.81. The van der Waals surface area contributed by atoms with Crippen LogP contribution in [0.2, 0.25) is 0 Å². The Balaban J connectivity index is 1.87. The van der Waals surface area contributed by atoms with Crippen LogP contribution < -0.4 is 5.32 Å². The number of nitrogens with one attached hydrogen (secondary N) is 1. The zero-order valence-electron chi connectivity index (χ0n) is 22.1. The van der Waals surface area contributed by atoms with Gasteiger partial charge in [0.05, 0.1) is 10.5 Å². The van der Waals surface area contributed by atoms with Gasteiger partial charge in [-0.15, -0.1) is 11.3 Å². The number of benzene rings is 1. The zero-order valence-corrected chi connectivity index (χ0v) is 22.9. The van der Waals surface area contributed by atoms with E-state index < -0.39 is 64.0 Å². The van der Waals surface area contributed by atoms with Crippen molar-refractivity contribution in [2.75, 3.05) is 6.54 Å². The molecule has 1 aromatic carbocycles. The van der Waals surface area contributed by atoms with Gasteiger partial charge in [-0.1, -0.05) is 12.1 Å². The SMILES string of the molecule is CC(C)(O)CNC(=O)c1nc(C(=O)N2C3CCC2CC3)c(-c2ccc(C(C)(C(F)(F)F)C(F)(F)F)cc2C(F)F)s1. The molecule has 0 unspecified atom stereocenters. The molecule has 2 amide bonds. The third-order valence-electron chi connectivity index (χ3n) is 7.64. The molecule has 0 saturated carbocycles. The normalized spacial score (nSPS) is 19.8. The van der Waals surface area contributed by atoms with E-state index >= 15 is 0 Å². The van der Waals surface area contributed by atoms with Crippen molar-refractivity contribution in [3.05, 3.63) is 40.0 Å². The Morgan fingerprint density at radius 3 is 2.02 bits per heavy atom. The van der Waals surface area contributed by atoms with Gasteiger partial charge in [0, 0.05) is 29.8 Å². The van der Waals surface area contributed by atoms with Crippen LogP contribution in [0.15, 0.2) is 18.2 Å². The number of alkyl halides is 8. The summed E-state index contributed by atoms with van der Waals surface area (Å²) < 4.78 is 111. The van der Waals surface area contributed by atoms with Crippen molar-refractivity contribution in [2.24, 2.45) is 0 Å². The van der Waals surface area contributed by atoms with Crippen molar-refractivity contribution in [1.29, 1.82) is 0 Å². The molecule has 1 aromatic heterocycles. The second-order valence-corrected chi connectivity index (χ2v) is 12.1. The number of hydrogen-bond donors (Lipinski definition) is 2. The lowest BCUT2D eigenvalue weighted by Gasteiger charge is -2.34. The van der Waals surface area contributed by atoms with Gasteiger partial charge in [-0.25, -0.2) is 13.8 Å². The summed E-state index contributed by atoms with van der Waals surface area (Å²) in [5.74, 6) is -1.51. The lowest BCUT2D eigenvalue weighted by molar-refractivity contribution is -0.297. The average molecular weight is 614 g/mol. The summed E-state index contributed by atoms with van der Waals surface area (Å²) in [6, 6.07) is 0.997. The van der Waals surface area contributed by atoms with Crippen molar-refractivity contribution in [2.45, 2.75) is 88.3 Å². The molecule has 2 aliphatic heterocycles.